The minimum Gasteiger partial charge on any atom is -0.314 e. The van der Waals surface area contributed by atoms with Crippen molar-refractivity contribution in [1.29, 1.82) is 0 Å². The summed E-state index contributed by atoms with van der Waals surface area (Å²) in [5.41, 5.74) is 0. The Morgan fingerprint density at radius 2 is 1.50 bits per heavy atom. The van der Waals surface area contributed by atoms with Crippen LogP contribution in [0.2, 0.25) is 0 Å². The number of hydrogen-bond donors (Lipinski definition) is 1. The van der Waals surface area contributed by atoms with Crippen LogP contribution in [0.25, 0.3) is 0 Å². The molecule has 1 fully saturated rings. The first-order valence-corrected chi connectivity index (χ1v) is 7.22. The summed E-state index contributed by atoms with van der Waals surface area (Å²) >= 11 is 0. The van der Waals surface area contributed by atoms with E-state index in [9.17, 15) is 0 Å². The van der Waals surface area contributed by atoms with Crippen LogP contribution in [-0.4, -0.2) is 36.6 Å². The van der Waals surface area contributed by atoms with E-state index in [2.05, 4.69) is 31.0 Å². The quantitative estimate of drug-likeness (QED) is 0.671. The highest BCUT2D eigenvalue weighted by molar-refractivity contribution is 4.82. The van der Waals surface area contributed by atoms with Crippen LogP contribution in [0.3, 0.4) is 0 Å². The third kappa shape index (κ3) is 4.84. The molecule has 0 radical (unpaired) electrons. The highest BCUT2D eigenvalue weighted by Gasteiger charge is 2.23. The van der Waals surface area contributed by atoms with E-state index in [1.165, 1.54) is 58.2 Å². The summed E-state index contributed by atoms with van der Waals surface area (Å²) in [5.74, 6) is 0. The van der Waals surface area contributed by atoms with Crippen LogP contribution in [0.1, 0.15) is 59.3 Å². The lowest BCUT2D eigenvalue weighted by Crippen LogP contribution is -2.55. The molecule has 2 atom stereocenters. The van der Waals surface area contributed by atoms with E-state index in [1.807, 2.05) is 0 Å². The van der Waals surface area contributed by atoms with E-state index in [-0.39, 0.29) is 0 Å². The first-order chi connectivity index (χ1) is 7.75. The van der Waals surface area contributed by atoms with Gasteiger partial charge >= 0.3 is 0 Å². The number of nitrogens with zero attached hydrogens (tertiary/aromatic N) is 1. The normalized spacial score (nSPS) is 27.2. The fourth-order valence-corrected chi connectivity index (χ4v) is 2.69. The molecule has 96 valence electrons. The third-order valence-electron chi connectivity index (χ3n) is 3.78. The summed E-state index contributed by atoms with van der Waals surface area (Å²) < 4.78 is 0. The zero-order valence-electron chi connectivity index (χ0n) is 11.5. The molecule has 0 aliphatic carbocycles. The first kappa shape index (κ1) is 14.0. The molecule has 2 unspecified atom stereocenters. The molecular formula is C14H30N2. The molecule has 1 rings (SSSR count). The Hall–Kier alpha value is -0.0800. The molecule has 2 heteroatoms. The Balaban J connectivity index is 2.06. The van der Waals surface area contributed by atoms with Gasteiger partial charge in [-0.15, -0.1) is 0 Å². The Bertz CT molecular complexity index is 160. The molecule has 0 bridgehead atoms. The number of nitrogens with one attached hydrogen (secondary N) is 1. The standard InChI is InChI=1S/C14H30N2/c1-4-5-6-7-8-9-10-16-13(2)11-15-12-14(16)3/h13-15H,4-12H2,1-3H3. The molecule has 0 saturated carbocycles. The molecule has 1 heterocycles. The molecule has 2 nitrogen and oxygen atoms in total. The molecule has 16 heavy (non-hydrogen) atoms. The van der Waals surface area contributed by atoms with Crippen molar-refractivity contribution in [2.24, 2.45) is 0 Å². The van der Waals surface area contributed by atoms with Gasteiger partial charge in [0.1, 0.15) is 0 Å². The minimum absolute atomic E-state index is 0.722. The molecule has 0 aromatic rings. The second-order valence-corrected chi connectivity index (χ2v) is 5.36. The van der Waals surface area contributed by atoms with Crippen molar-refractivity contribution in [3.63, 3.8) is 0 Å². The van der Waals surface area contributed by atoms with Crippen molar-refractivity contribution in [1.82, 2.24) is 10.2 Å². The van der Waals surface area contributed by atoms with Crippen molar-refractivity contribution in [3.8, 4) is 0 Å². The molecule has 0 aromatic carbocycles. The van der Waals surface area contributed by atoms with Crippen LogP contribution < -0.4 is 5.32 Å². The Kier molecular flexibility index (Phi) is 7.06. The van der Waals surface area contributed by atoms with Crippen molar-refractivity contribution in [3.05, 3.63) is 0 Å². The van der Waals surface area contributed by atoms with E-state index in [4.69, 9.17) is 0 Å². The van der Waals surface area contributed by atoms with Crippen LogP contribution in [0.15, 0.2) is 0 Å². The average Bonchev–Trinajstić information content (AvgIpc) is 2.26. The Morgan fingerprint density at radius 1 is 0.938 bits per heavy atom. The minimum atomic E-state index is 0.722. The van der Waals surface area contributed by atoms with Crippen LogP contribution in [0.5, 0.6) is 0 Å². The fourth-order valence-electron chi connectivity index (χ4n) is 2.69. The maximum absolute atomic E-state index is 3.49. The lowest BCUT2D eigenvalue weighted by molar-refractivity contribution is 0.114. The summed E-state index contributed by atoms with van der Waals surface area (Å²) in [4.78, 5) is 2.68. The highest BCUT2D eigenvalue weighted by Crippen LogP contribution is 2.12. The van der Waals surface area contributed by atoms with Gasteiger partial charge in [0.15, 0.2) is 0 Å². The second kappa shape index (κ2) is 8.08. The summed E-state index contributed by atoms with van der Waals surface area (Å²) in [6.07, 6.45) is 8.44. The summed E-state index contributed by atoms with van der Waals surface area (Å²) in [6.45, 7) is 10.6. The van der Waals surface area contributed by atoms with E-state index in [0.717, 1.165) is 12.1 Å². The van der Waals surface area contributed by atoms with Gasteiger partial charge in [-0.25, -0.2) is 0 Å². The van der Waals surface area contributed by atoms with Crippen molar-refractivity contribution >= 4 is 0 Å². The summed E-state index contributed by atoms with van der Waals surface area (Å²) in [6, 6.07) is 1.44. The lowest BCUT2D eigenvalue weighted by Gasteiger charge is -2.39. The predicted molar refractivity (Wildman–Crippen MR) is 71.9 cm³/mol. The van der Waals surface area contributed by atoms with Crippen molar-refractivity contribution < 1.29 is 0 Å². The Morgan fingerprint density at radius 3 is 2.12 bits per heavy atom. The van der Waals surface area contributed by atoms with Gasteiger partial charge in [0.25, 0.3) is 0 Å². The van der Waals surface area contributed by atoms with Gasteiger partial charge in [0, 0.05) is 25.2 Å². The van der Waals surface area contributed by atoms with Crippen LogP contribution in [-0.2, 0) is 0 Å². The monoisotopic (exact) mass is 226 g/mol. The summed E-state index contributed by atoms with van der Waals surface area (Å²) in [5, 5.41) is 3.49. The fraction of sp³-hybridized carbons (Fsp3) is 1.00. The average molecular weight is 226 g/mol. The van der Waals surface area contributed by atoms with E-state index < -0.39 is 0 Å². The molecule has 1 N–H and O–H groups in total. The van der Waals surface area contributed by atoms with E-state index in [1.54, 1.807) is 0 Å². The van der Waals surface area contributed by atoms with Gasteiger partial charge in [-0.1, -0.05) is 39.0 Å². The zero-order valence-corrected chi connectivity index (χ0v) is 11.5. The molecule has 0 amide bonds. The number of rotatable bonds is 7. The molecule has 1 aliphatic rings. The smallest absolute Gasteiger partial charge is 0.0195 e. The molecular weight excluding hydrogens is 196 g/mol. The van der Waals surface area contributed by atoms with Crippen LogP contribution in [0.4, 0.5) is 0 Å². The van der Waals surface area contributed by atoms with Crippen molar-refractivity contribution in [2.45, 2.75) is 71.4 Å². The topological polar surface area (TPSA) is 15.3 Å². The van der Waals surface area contributed by atoms with Gasteiger partial charge in [0.05, 0.1) is 0 Å². The maximum atomic E-state index is 3.49. The maximum Gasteiger partial charge on any atom is 0.0195 e. The van der Waals surface area contributed by atoms with E-state index in [0.29, 0.717) is 0 Å². The van der Waals surface area contributed by atoms with Gasteiger partial charge in [-0.3, -0.25) is 4.90 Å². The summed E-state index contributed by atoms with van der Waals surface area (Å²) in [7, 11) is 0. The molecule has 0 spiro atoms. The van der Waals surface area contributed by atoms with Gasteiger partial charge < -0.3 is 5.32 Å². The highest BCUT2D eigenvalue weighted by atomic mass is 15.2. The van der Waals surface area contributed by atoms with Crippen LogP contribution >= 0.6 is 0 Å². The van der Waals surface area contributed by atoms with Crippen molar-refractivity contribution in [2.75, 3.05) is 19.6 Å². The third-order valence-corrected chi connectivity index (χ3v) is 3.78. The predicted octanol–water partition coefficient (Wildman–Crippen LogP) is 3.03. The van der Waals surface area contributed by atoms with Gasteiger partial charge in [-0.05, 0) is 26.8 Å². The number of piperazine rings is 1. The second-order valence-electron chi connectivity index (χ2n) is 5.36. The zero-order chi connectivity index (χ0) is 11.8. The molecule has 1 aliphatic heterocycles. The molecule has 0 aromatic heterocycles. The number of unbranched alkanes of at least 4 members (excludes halogenated alkanes) is 5. The first-order valence-electron chi connectivity index (χ1n) is 7.22. The molecule has 1 saturated heterocycles. The van der Waals surface area contributed by atoms with E-state index >= 15 is 0 Å². The van der Waals surface area contributed by atoms with Gasteiger partial charge in [-0.2, -0.15) is 0 Å². The largest absolute Gasteiger partial charge is 0.314 e. The number of hydrogen-bond acceptors (Lipinski definition) is 2. The van der Waals surface area contributed by atoms with Crippen LogP contribution in [0, 0.1) is 0 Å². The van der Waals surface area contributed by atoms with Gasteiger partial charge in [0.2, 0.25) is 0 Å². The SMILES string of the molecule is CCCCCCCCN1C(C)CNCC1C. The lowest BCUT2D eigenvalue weighted by atomic mass is 10.1. The Labute approximate surface area is 102 Å².